The number of hydrogen-bond donors (Lipinski definition) is 1. The second-order valence-corrected chi connectivity index (χ2v) is 7.98. The van der Waals surface area contributed by atoms with Crippen LogP contribution >= 0.6 is 11.8 Å². The first-order valence-corrected chi connectivity index (χ1v) is 10.0. The lowest BCUT2D eigenvalue weighted by molar-refractivity contribution is -0.123. The number of carbonyl (C=O) groups excluding carboxylic acids is 1. The van der Waals surface area contributed by atoms with Crippen LogP contribution < -0.4 is 5.32 Å². The van der Waals surface area contributed by atoms with Crippen molar-refractivity contribution in [2.75, 3.05) is 31.1 Å². The number of hydrogen-bond acceptors (Lipinski definition) is 3. The molecule has 1 aliphatic heterocycles. The van der Waals surface area contributed by atoms with Gasteiger partial charge in [0.25, 0.3) is 0 Å². The Bertz CT molecular complexity index is 297. The van der Waals surface area contributed by atoms with E-state index in [-0.39, 0.29) is 0 Å². The van der Waals surface area contributed by atoms with Crippen LogP contribution in [0.3, 0.4) is 0 Å². The predicted molar refractivity (Wildman–Crippen MR) is 91.8 cm³/mol. The van der Waals surface area contributed by atoms with E-state index < -0.39 is 0 Å². The number of carbonyl (C=O) groups is 1. The Morgan fingerprint density at radius 1 is 1.14 bits per heavy atom. The quantitative estimate of drug-likeness (QED) is 0.732. The number of amides is 1. The molecule has 1 aliphatic carbocycles. The first kappa shape index (κ1) is 17.1. The maximum Gasteiger partial charge on any atom is 0.220 e. The van der Waals surface area contributed by atoms with Crippen LogP contribution in [-0.2, 0) is 4.79 Å². The minimum atomic E-state index is 0.307. The number of piperidine rings is 1. The molecule has 1 saturated carbocycles. The molecule has 3 nitrogen and oxygen atoms in total. The van der Waals surface area contributed by atoms with Gasteiger partial charge in [-0.3, -0.25) is 4.79 Å². The fourth-order valence-electron chi connectivity index (χ4n) is 3.58. The molecule has 1 saturated heterocycles. The Morgan fingerprint density at radius 3 is 2.52 bits per heavy atom. The third-order valence-corrected chi connectivity index (χ3v) is 5.79. The lowest BCUT2D eigenvalue weighted by Gasteiger charge is -2.32. The van der Waals surface area contributed by atoms with Crippen molar-refractivity contribution in [3.63, 3.8) is 0 Å². The van der Waals surface area contributed by atoms with Gasteiger partial charge in [0.1, 0.15) is 0 Å². The van der Waals surface area contributed by atoms with E-state index in [1.54, 1.807) is 0 Å². The molecule has 2 rings (SSSR count). The van der Waals surface area contributed by atoms with E-state index in [1.807, 2.05) is 11.8 Å². The highest BCUT2D eigenvalue weighted by molar-refractivity contribution is 7.99. The minimum absolute atomic E-state index is 0.307. The largest absolute Gasteiger partial charge is 0.353 e. The van der Waals surface area contributed by atoms with Crippen LogP contribution in [0.2, 0.25) is 0 Å². The van der Waals surface area contributed by atoms with Crippen LogP contribution in [0.15, 0.2) is 0 Å². The van der Waals surface area contributed by atoms with E-state index >= 15 is 0 Å². The standard InChI is InChI=1S/C17H32N2OS/c1-2-21-13-12-19-10-8-16(9-11-19)18-17(20)14-15-6-4-3-5-7-15/h15-16H,2-14H2,1H3,(H,18,20). The van der Waals surface area contributed by atoms with Gasteiger partial charge in [0.2, 0.25) is 5.91 Å². The molecule has 2 fully saturated rings. The average Bonchev–Trinajstić information content (AvgIpc) is 2.50. The lowest BCUT2D eigenvalue weighted by atomic mass is 9.86. The zero-order chi connectivity index (χ0) is 14.9. The number of rotatable bonds is 7. The molecule has 122 valence electrons. The van der Waals surface area contributed by atoms with E-state index in [0.717, 1.165) is 32.4 Å². The van der Waals surface area contributed by atoms with Gasteiger partial charge in [0.15, 0.2) is 0 Å². The number of thioether (sulfide) groups is 1. The second-order valence-electron chi connectivity index (χ2n) is 6.59. The van der Waals surface area contributed by atoms with Gasteiger partial charge in [-0.25, -0.2) is 0 Å². The molecule has 0 aromatic carbocycles. The summed E-state index contributed by atoms with van der Waals surface area (Å²) in [6.07, 6.45) is 9.58. The third-order valence-electron chi connectivity index (χ3n) is 4.91. The molecular formula is C17H32N2OS. The molecule has 1 amide bonds. The van der Waals surface area contributed by atoms with Gasteiger partial charge in [0.05, 0.1) is 0 Å². The van der Waals surface area contributed by atoms with Crippen LogP contribution in [0.1, 0.15) is 58.3 Å². The Balaban J connectivity index is 1.58. The molecule has 1 heterocycles. The minimum Gasteiger partial charge on any atom is -0.353 e. The summed E-state index contributed by atoms with van der Waals surface area (Å²) in [7, 11) is 0. The van der Waals surface area contributed by atoms with Gasteiger partial charge in [0, 0.05) is 37.8 Å². The molecule has 0 unspecified atom stereocenters. The fraction of sp³-hybridized carbons (Fsp3) is 0.941. The van der Waals surface area contributed by atoms with Gasteiger partial charge in [-0.15, -0.1) is 0 Å². The lowest BCUT2D eigenvalue weighted by Crippen LogP contribution is -2.45. The summed E-state index contributed by atoms with van der Waals surface area (Å²) in [5.41, 5.74) is 0. The van der Waals surface area contributed by atoms with Crippen LogP contribution in [0, 0.1) is 5.92 Å². The van der Waals surface area contributed by atoms with Crippen molar-refractivity contribution in [1.29, 1.82) is 0 Å². The highest BCUT2D eigenvalue weighted by Gasteiger charge is 2.22. The summed E-state index contributed by atoms with van der Waals surface area (Å²) >= 11 is 2.02. The van der Waals surface area contributed by atoms with E-state index in [0.29, 0.717) is 17.9 Å². The second kappa shape index (κ2) is 9.73. The van der Waals surface area contributed by atoms with Crippen molar-refractivity contribution in [2.24, 2.45) is 5.92 Å². The van der Waals surface area contributed by atoms with Crippen molar-refractivity contribution in [2.45, 2.75) is 64.3 Å². The number of likely N-dealkylation sites (tertiary alicyclic amines) is 1. The Morgan fingerprint density at radius 2 is 1.86 bits per heavy atom. The van der Waals surface area contributed by atoms with Crippen LogP contribution in [0.25, 0.3) is 0 Å². The molecule has 0 aromatic rings. The highest BCUT2D eigenvalue weighted by Crippen LogP contribution is 2.26. The SMILES string of the molecule is CCSCCN1CCC(NC(=O)CC2CCCCC2)CC1. The van der Waals surface area contributed by atoms with Crippen molar-refractivity contribution >= 4 is 17.7 Å². The van der Waals surface area contributed by atoms with Crippen LogP contribution in [-0.4, -0.2) is 48.0 Å². The third kappa shape index (κ3) is 6.60. The Labute approximate surface area is 134 Å². The zero-order valence-electron chi connectivity index (χ0n) is 13.6. The highest BCUT2D eigenvalue weighted by atomic mass is 32.2. The first-order chi connectivity index (χ1) is 10.3. The maximum atomic E-state index is 12.1. The summed E-state index contributed by atoms with van der Waals surface area (Å²) in [5.74, 6) is 3.43. The van der Waals surface area contributed by atoms with Crippen LogP contribution in [0.5, 0.6) is 0 Å². The molecule has 21 heavy (non-hydrogen) atoms. The van der Waals surface area contributed by atoms with Crippen LogP contribution in [0.4, 0.5) is 0 Å². The van der Waals surface area contributed by atoms with Gasteiger partial charge in [-0.2, -0.15) is 11.8 Å². The fourth-order valence-corrected chi connectivity index (χ4v) is 4.25. The molecule has 1 N–H and O–H groups in total. The van der Waals surface area contributed by atoms with Crippen molar-refractivity contribution in [3.8, 4) is 0 Å². The van der Waals surface area contributed by atoms with E-state index in [1.165, 1.54) is 50.2 Å². The number of nitrogens with one attached hydrogen (secondary N) is 1. The Hall–Kier alpha value is -0.220. The maximum absolute atomic E-state index is 12.1. The van der Waals surface area contributed by atoms with Crippen molar-refractivity contribution in [1.82, 2.24) is 10.2 Å². The average molecular weight is 313 g/mol. The Kier molecular flexibility index (Phi) is 7.94. The molecule has 0 spiro atoms. The molecule has 2 aliphatic rings. The normalized spacial score (nSPS) is 22.3. The predicted octanol–water partition coefficient (Wildman–Crippen LogP) is 3.29. The zero-order valence-corrected chi connectivity index (χ0v) is 14.4. The summed E-state index contributed by atoms with van der Waals surface area (Å²) < 4.78 is 0. The number of nitrogens with zero attached hydrogens (tertiary/aromatic N) is 1. The van der Waals surface area contributed by atoms with Crippen molar-refractivity contribution in [3.05, 3.63) is 0 Å². The van der Waals surface area contributed by atoms with Gasteiger partial charge in [-0.1, -0.05) is 26.2 Å². The summed E-state index contributed by atoms with van der Waals surface area (Å²) in [4.78, 5) is 14.7. The summed E-state index contributed by atoms with van der Waals surface area (Å²) in [6.45, 7) is 5.73. The van der Waals surface area contributed by atoms with Gasteiger partial charge < -0.3 is 10.2 Å². The smallest absolute Gasteiger partial charge is 0.220 e. The van der Waals surface area contributed by atoms with E-state index in [2.05, 4.69) is 17.1 Å². The van der Waals surface area contributed by atoms with Crippen molar-refractivity contribution < 1.29 is 4.79 Å². The molecule has 0 bridgehead atoms. The first-order valence-electron chi connectivity index (χ1n) is 8.87. The molecule has 0 atom stereocenters. The molecule has 0 radical (unpaired) electrons. The molecule has 4 heteroatoms. The molecular weight excluding hydrogens is 280 g/mol. The molecule has 0 aromatic heterocycles. The van der Waals surface area contributed by atoms with Gasteiger partial charge in [-0.05, 0) is 37.4 Å². The monoisotopic (exact) mass is 312 g/mol. The topological polar surface area (TPSA) is 32.3 Å². The summed E-state index contributed by atoms with van der Waals surface area (Å²) in [6, 6.07) is 0.427. The van der Waals surface area contributed by atoms with Gasteiger partial charge >= 0.3 is 0 Å². The van der Waals surface area contributed by atoms with E-state index in [4.69, 9.17) is 0 Å². The van der Waals surface area contributed by atoms with E-state index in [9.17, 15) is 4.79 Å². The summed E-state index contributed by atoms with van der Waals surface area (Å²) in [5, 5.41) is 3.28.